The lowest BCUT2D eigenvalue weighted by atomic mass is 9.94. The third-order valence-corrected chi connectivity index (χ3v) is 3.13. The van der Waals surface area contributed by atoms with Crippen molar-refractivity contribution in [2.24, 2.45) is 11.7 Å². The van der Waals surface area contributed by atoms with E-state index in [9.17, 15) is 0 Å². The minimum atomic E-state index is 0.832. The first kappa shape index (κ1) is 11.7. The molecule has 0 radical (unpaired) electrons. The Morgan fingerprint density at radius 1 is 1.57 bits per heavy atom. The van der Waals surface area contributed by atoms with Crippen molar-refractivity contribution >= 4 is 0 Å². The van der Waals surface area contributed by atoms with Gasteiger partial charge in [0.2, 0.25) is 0 Å². The molecule has 1 aliphatic rings. The van der Waals surface area contributed by atoms with Crippen LogP contribution in [0.4, 0.5) is 0 Å². The molecule has 2 nitrogen and oxygen atoms in total. The molecule has 0 spiro atoms. The van der Waals surface area contributed by atoms with Crippen molar-refractivity contribution < 1.29 is 0 Å². The average molecular weight is 196 g/mol. The Balaban J connectivity index is 2.28. The molecule has 0 aliphatic carbocycles. The summed E-state index contributed by atoms with van der Waals surface area (Å²) in [5.74, 6) is 0.832. The largest absolute Gasteiger partial charge is 0.330 e. The van der Waals surface area contributed by atoms with E-state index in [2.05, 4.69) is 18.4 Å². The molecule has 1 aliphatic heterocycles. The van der Waals surface area contributed by atoms with Crippen molar-refractivity contribution in [3.8, 4) is 0 Å². The molecule has 2 heteroatoms. The monoisotopic (exact) mass is 196 g/mol. The zero-order valence-electron chi connectivity index (χ0n) is 9.47. The Hall–Kier alpha value is -0.340. The SMILES string of the molecule is C=C(CC)CN1CCCC(CCN)C1. The number of piperidine rings is 1. The summed E-state index contributed by atoms with van der Waals surface area (Å²) in [5.41, 5.74) is 6.96. The quantitative estimate of drug-likeness (QED) is 0.682. The summed E-state index contributed by atoms with van der Waals surface area (Å²) in [6.07, 6.45) is 5.00. The molecule has 2 N–H and O–H groups in total. The fraction of sp³-hybridized carbons (Fsp3) is 0.833. The third kappa shape index (κ3) is 3.81. The number of nitrogens with zero attached hydrogens (tertiary/aromatic N) is 1. The lowest BCUT2D eigenvalue weighted by Crippen LogP contribution is -2.37. The van der Waals surface area contributed by atoms with Gasteiger partial charge in [0.1, 0.15) is 0 Å². The van der Waals surface area contributed by atoms with Crippen LogP contribution in [0.5, 0.6) is 0 Å². The lowest BCUT2D eigenvalue weighted by molar-refractivity contribution is 0.181. The summed E-state index contributed by atoms with van der Waals surface area (Å²) in [4.78, 5) is 2.54. The van der Waals surface area contributed by atoms with Gasteiger partial charge in [0.15, 0.2) is 0 Å². The molecule has 14 heavy (non-hydrogen) atoms. The van der Waals surface area contributed by atoms with E-state index in [-0.39, 0.29) is 0 Å². The smallest absolute Gasteiger partial charge is 0.0190 e. The molecule has 0 aromatic carbocycles. The van der Waals surface area contributed by atoms with Crippen LogP contribution in [-0.4, -0.2) is 31.1 Å². The van der Waals surface area contributed by atoms with Crippen LogP contribution in [0.1, 0.15) is 32.6 Å². The predicted molar refractivity (Wildman–Crippen MR) is 62.3 cm³/mol. The van der Waals surface area contributed by atoms with E-state index < -0.39 is 0 Å². The van der Waals surface area contributed by atoms with Crippen molar-refractivity contribution in [3.63, 3.8) is 0 Å². The van der Waals surface area contributed by atoms with Gasteiger partial charge in [0.25, 0.3) is 0 Å². The Bertz CT molecular complexity index is 175. The topological polar surface area (TPSA) is 29.3 Å². The lowest BCUT2D eigenvalue weighted by Gasteiger charge is -2.32. The van der Waals surface area contributed by atoms with Crippen molar-refractivity contribution in [2.75, 3.05) is 26.2 Å². The zero-order chi connectivity index (χ0) is 10.4. The molecule has 0 aromatic heterocycles. The number of nitrogens with two attached hydrogens (primary N) is 1. The van der Waals surface area contributed by atoms with E-state index in [0.29, 0.717) is 0 Å². The van der Waals surface area contributed by atoms with E-state index in [4.69, 9.17) is 5.73 Å². The van der Waals surface area contributed by atoms with Crippen LogP contribution < -0.4 is 5.73 Å². The highest BCUT2D eigenvalue weighted by Crippen LogP contribution is 2.19. The number of hydrogen-bond acceptors (Lipinski definition) is 2. The van der Waals surface area contributed by atoms with Crippen LogP contribution in [0.15, 0.2) is 12.2 Å². The minimum absolute atomic E-state index is 0.832. The van der Waals surface area contributed by atoms with Crippen LogP contribution in [0.2, 0.25) is 0 Å². The minimum Gasteiger partial charge on any atom is -0.330 e. The van der Waals surface area contributed by atoms with E-state index in [1.165, 1.54) is 37.9 Å². The molecule has 1 rings (SSSR count). The zero-order valence-corrected chi connectivity index (χ0v) is 9.47. The van der Waals surface area contributed by atoms with Gasteiger partial charge in [-0.2, -0.15) is 0 Å². The first-order valence-electron chi connectivity index (χ1n) is 5.85. The fourth-order valence-electron chi connectivity index (χ4n) is 2.19. The summed E-state index contributed by atoms with van der Waals surface area (Å²) in [5, 5.41) is 0. The van der Waals surface area contributed by atoms with E-state index in [1.54, 1.807) is 0 Å². The maximum absolute atomic E-state index is 5.60. The summed E-state index contributed by atoms with van der Waals surface area (Å²) < 4.78 is 0. The Morgan fingerprint density at radius 2 is 2.36 bits per heavy atom. The molecule has 0 saturated carbocycles. The van der Waals surface area contributed by atoms with Crippen molar-refractivity contribution in [2.45, 2.75) is 32.6 Å². The van der Waals surface area contributed by atoms with Crippen LogP contribution in [0.3, 0.4) is 0 Å². The van der Waals surface area contributed by atoms with Crippen molar-refractivity contribution in [1.29, 1.82) is 0 Å². The van der Waals surface area contributed by atoms with Crippen molar-refractivity contribution in [3.05, 3.63) is 12.2 Å². The van der Waals surface area contributed by atoms with Gasteiger partial charge < -0.3 is 5.73 Å². The predicted octanol–water partition coefficient (Wildman–Crippen LogP) is 2.01. The number of rotatable bonds is 5. The van der Waals surface area contributed by atoms with E-state index in [0.717, 1.165) is 25.4 Å². The van der Waals surface area contributed by atoms with Crippen molar-refractivity contribution in [1.82, 2.24) is 4.90 Å². The number of hydrogen-bond donors (Lipinski definition) is 1. The standard InChI is InChI=1S/C12H24N2/c1-3-11(2)9-14-8-4-5-12(10-14)6-7-13/h12H,2-10,13H2,1H3. The van der Waals surface area contributed by atoms with Gasteiger partial charge in [0.05, 0.1) is 0 Å². The molecule has 0 bridgehead atoms. The molecule has 1 unspecified atom stereocenters. The molecule has 1 heterocycles. The van der Waals surface area contributed by atoms with Gasteiger partial charge in [-0.1, -0.05) is 19.1 Å². The molecular weight excluding hydrogens is 172 g/mol. The highest BCUT2D eigenvalue weighted by atomic mass is 15.1. The van der Waals surface area contributed by atoms with Gasteiger partial charge in [-0.15, -0.1) is 0 Å². The molecule has 0 aromatic rings. The summed E-state index contributed by atoms with van der Waals surface area (Å²) >= 11 is 0. The second kappa shape index (κ2) is 6.20. The fourth-order valence-corrected chi connectivity index (χ4v) is 2.19. The second-order valence-corrected chi connectivity index (χ2v) is 4.42. The van der Waals surface area contributed by atoms with E-state index in [1.807, 2.05) is 0 Å². The Labute approximate surface area is 88.2 Å². The second-order valence-electron chi connectivity index (χ2n) is 4.42. The Kier molecular flexibility index (Phi) is 5.20. The summed E-state index contributed by atoms with van der Waals surface area (Å²) in [7, 11) is 0. The molecule has 1 saturated heterocycles. The summed E-state index contributed by atoms with van der Waals surface area (Å²) in [6, 6.07) is 0. The molecule has 1 fully saturated rings. The van der Waals surface area contributed by atoms with Gasteiger partial charge in [-0.3, -0.25) is 4.90 Å². The molecule has 0 amide bonds. The highest BCUT2D eigenvalue weighted by Gasteiger charge is 2.18. The number of likely N-dealkylation sites (tertiary alicyclic amines) is 1. The molecule has 82 valence electrons. The first-order chi connectivity index (χ1) is 6.76. The van der Waals surface area contributed by atoms with Crippen LogP contribution in [0.25, 0.3) is 0 Å². The maximum Gasteiger partial charge on any atom is 0.0190 e. The normalized spacial score (nSPS) is 23.7. The summed E-state index contributed by atoms with van der Waals surface area (Å²) in [6.45, 7) is 10.7. The van der Waals surface area contributed by atoms with Gasteiger partial charge in [-0.05, 0) is 44.7 Å². The van der Waals surface area contributed by atoms with E-state index >= 15 is 0 Å². The highest BCUT2D eigenvalue weighted by molar-refractivity contribution is 4.96. The third-order valence-electron chi connectivity index (χ3n) is 3.13. The molecular formula is C12H24N2. The van der Waals surface area contributed by atoms with Crippen LogP contribution >= 0.6 is 0 Å². The maximum atomic E-state index is 5.60. The average Bonchev–Trinajstić information content (AvgIpc) is 2.19. The Morgan fingerprint density at radius 3 is 3.00 bits per heavy atom. The van der Waals surface area contributed by atoms with Gasteiger partial charge >= 0.3 is 0 Å². The van der Waals surface area contributed by atoms with Gasteiger partial charge in [-0.25, -0.2) is 0 Å². The van der Waals surface area contributed by atoms with Crippen LogP contribution in [-0.2, 0) is 0 Å². The van der Waals surface area contributed by atoms with Crippen LogP contribution in [0, 0.1) is 5.92 Å². The first-order valence-corrected chi connectivity index (χ1v) is 5.85. The molecule has 1 atom stereocenters. The van der Waals surface area contributed by atoms with Gasteiger partial charge in [0, 0.05) is 13.1 Å².